The van der Waals surface area contributed by atoms with Crippen LogP contribution < -0.4 is 10.6 Å². The van der Waals surface area contributed by atoms with Gasteiger partial charge in [-0.1, -0.05) is 41.7 Å². The lowest BCUT2D eigenvalue weighted by molar-refractivity contribution is -0.116. The highest BCUT2D eigenvalue weighted by Gasteiger charge is 2.09. The largest absolute Gasteiger partial charge is 0.352 e. The number of hydrogen-bond donors (Lipinski definition) is 2. The molecule has 1 aromatic heterocycles. The Labute approximate surface area is 150 Å². The van der Waals surface area contributed by atoms with Crippen LogP contribution in [-0.2, 0) is 4.79 Å². The summed E-state index contributed by atoms with van der Waals surface area (Å²) in [5.74, 6) is -0.215. The molecule has 0 saturated carbocycles. The van der Waals surface area contributed by atoms with Gasteiger partial charge in [-0.15, -0.1) is 0 Å². The summed E-state index contributed by atoms with van der Waals surface area (Å²) in [5.41, 5.74) is 2.65. The number of nitrogens with zero attached hydrogens (tertiary/aromatic N) is 1. The van der Waals surface area contributed by atoms with Gasteiger partial charge in [0.15, 0.2) is 5.13 Å². The van der Waals surface area contributed by atoms with Crippen molar-refractivity contribution < 1.29 is 9.59 Å². The van der Waals surface area contributed by atoms with E-state index in [2.05, 4.69) is 15.6 Å². The van der Waals surface area contributed by atoms with Gasteiger partial charge in [-0.25, -0.2) is 4.98 Å². The summed E-state index contributed by atoms with van der Waals surface area (Å²) in [6, 6.07) is 15.0. The fraction of sp³-hybridized carbons (Fsp3) is 0.211. The van der Waals surface area contributed by atoms with Gasteiger partial charge in [0.05, 0.1) is 10.2 Å². The molecule has 2 aromatic carbocycles. The lowest BCUT2D eigenvalue weighted by Gasteiger charge is -2.05. The minimum absolute atomic E-state index is 0.0920. The molecule has 0 saturated heterocycles. The minimum Gasteiger partial charge on any atom is -0.352 e. The van der Waals surface area contributed by atoms with Gasteiger partial charge in [-0.2, -0.15) is 0 Å². The van der Waals surface area contributed by atoms with Gasteiger partial charge in [0.2, 0.25) is 5.91 Å². The molecule has 0 aliphatic carbocycles. The Hall–Kier alpha value is -2.73. The molecule has 0 unspecified atom stereocenters. The molecule has 6 heteroatoms. The van der Waals surface area contributed by atoms with E-state index in [0.29, 0.717) is 30.1 Å². The van der Waals surface area contributed by atoms with Gasteiger partial charge in [-0.3, -0.25) is 9.59 Å². The minimum atomic E-state index is -0.123. The summed E-state index contributed by atoms with van der Waals surface area (Å²) in [7, 11) is 0. The Morgan fingerprint density at radius 1 is 1.08 bits per heavy atom. The second-order valence-corrected chi connectivity index (χ2v) is 6.74. The Balaban J connectivity index is 1.45. The number of aryl methyl sites for hydroxylation is 1. The van der Waals surface area contributed by atoms with Crippen molar-refractivity contribution in [2.24, 2.45) is 0 Å². The van der Waals surface area contributed by atoms with Gasteiger partial charge in [-0.05, 0) is 37.1 Å². The third-order valence-electron chi connectivity index (χ3n) is 3.77. The van der Waals surface area contributed by atoms with Crippen LogP contribution in [0.2, 0.25) is 0 Å². The van der Waals surface area contributed by atoms with E-state index in [4.69, 9.17) is 0 Å². The molecule has 2 amide bonds. The first kappa shape index (κ1) is 17.1. The number of benzene rings is 2. The summed E-state index contributed by atoms with van der Waals surface area (Å²) in [6.07, 6.45) is 0.915. The summed E-state index contributed by atoms with van der Waals surface area (Å²) < 4.78 is 1.06. The molecule has 5 nitrogen and oxygen atoms in total. The number of para-hydroxylation sites is 1. The van der Waals surface area contributed by atoms with E-state index < -0.39 is 0 Å². The van der Waals surface area contributed by atoms with Crippen molar-refractivity contribution in [3.63, 3.8) is 0 Å². The van der Waals surface area contributed by atoms with Crippen molar-refractivity contribution in [3.8, 4) is 0 Å². The first-order valence-electron chi connectivity index (χ1n) is 8.13. The molecule has 2 N–H and O–H groups in total. The number of carbonyl (C=O) groups is 2. The zero-order valence-electron chi connectivity index (χ0n) is 13.9. The number of amides is 2. The molecule has 0 fully saturated rings. The quantitative estimate of drug-likeness (QED) is 0.663. The zero-order valence-corrected chi connectivity index (χ0v) is 14.7. The van der Waals surface area contributed by atoms with Crippen LogP contribution in [0.5, 0.6) is 0 Å². The summed E-state index contributed by atoms with van der Waals surface area (Å²) in [4.78, 5) is 28.4. The summed E-state index contributed by atoms with van der Waals surface area (Å²) >= 11 is 1.47. The predicted molar refractivity (Wildman–Crippen MR) is 101 cm³/mol. The molecule has 3 aromatic rings. The maximum Gasteiger partial charge on any atom is 0.251 e. The second kappa shape index (κ2) is 7.90. The maximum atomic E-state index is 12.0. The van der Waals surface area contributed by atoms with Crippen molar-refractivity contribution >= 4 is 38.5 Å². The predicted octanol–water partition coefficient (Wildman–Crippen LogP) is 3.75. The molecule has 128 valence electrons. The highest BCUT2D eigenvalue weighted by Crippen LogP contribution is 2.27. The summed E-state index contributed by atoms with van der Waals surface area (Å²) in [5, 5.41) is 6.26. The molecule has 0 spiro atoms. The van der Waals surface area contributed by atoms with Crippen molar-refractivity contribution in [1.82, 2.24) is 10.3 Å². The molecule has 3 rings (SSSR count). The average Bonchev–Trinajstić information content (AvgIpc) is 3.03. The first-order valence-corrected chi connectivity index (χ1v) is 8.94. The van der Waals surface area contributed by atoms with E-state index in [1.807, 2.05) is 43.3 Å². The van der Waals surface area contributed by atoms with E-state index >= 15 is 0 Å². The molecule has 0 aliphatic heterocycles. The standard InChI is InChI=1S/C19H19N3O2S/c1-13-7-5-10-15-17(13)22-19(25-15)21-16(23)11-6-12-20-18(24)14-8-3-2-4-9-14/h2-5,7-10H,6,11-12H2,1H3,(H,20,24)(H,21,22,23). The Bertz CT molecular complexity index is 890. The monoisotopic (exact) mass is 353 g/mol. The van der Waals surface area contributed by atoms with Crippen LogP contribution in [0.15, 0.2) is 48.5 Å². The number of rotatable bonds is 6. The number of hydrogen-bond acceptors (Lipinski definition) is 4. The SMILES string of the molecule is Cc1cccc2sc(NC(=O)CCCNC(=O)c3ccccc3)nc12. The van der Waals surface area contributed by atoms with Crippen molar-refractivity contribution in [2.75, 3.05) is 11.9 Å². The molecule has 0 aliphatic rings. The summed E-state index contributed by atoms with van der Waals surface area (Å²) in [6.45, 7) is 2.46. The molecular formula is C19H19N3O2S. The van der Waals surface area contributed by atoms with Crippen LogP contribution >= 0.6 is 11.3 Å². The van der Waals surface area contributed by atoms with Crippen LogP contribution in [0.25, 0.3) is 10.2 Å². The van der Waals surface area contributed by atoms with Gasteiger partial charge in [0.1, 0.15) is 0 Å². The van der Waals surface area contributed by atoms with Crippen molar-refractivity contribution in [2.45, 2.75) is 19.8 Å². The van der Waals surface area contributed by atoms with E-state index in [0.717, 1.165) is 15.8 Å². The Kier molecular flexibility index (Phi) is 5.40. The number of aromatic nitrogens is 1. The van der Waals surface area contributed by atoms with Gasteiger partial charge in [0, 0.05) is 18.5 Å². The topological polar surface area (TPSA) is 71.1 Å². The van der Waals surface area contributed by atoms with E-state index in [9.17, 15) is 9.59 Å². The van der Waals surface area contributed by atoms with Crippen molar-refractivity contribution in [3.05, 3.63) is 59.7 Å². The third kappa shape index (κ3) is 4.42. The van der Waals surface area contributed by atoms with Crippen LogP contribution in [0.4, 0.5) is 5.13 Å². The third-order valence-corrected chi connectivity index (χ3v) is 4.71. The van der Waals surface area contributed by atoms with E-state index in [1.165, 1.54) is 11.3 Å². The molecular weight excluding hydrogens is 334 g/mol. The second-order valence-electron chi connectivity index (χ2n) is 5.71. The first-order chi connectivity index (χ1) is 12.1. The highest BCUT2D eigenvalue weighted by atomic mass is 32.1. The number of carbonyl (C=O) groups excluding carboxylic acids is 2. The average molecular weight is 353 g/mol. The van der Waals surface area contributed by atoms with Crippen LogP contribution in [0.3, 0.4) is 0 Å². The van der Waals surface area contributed by atoms with Crippen molar-refractivity contribution in [1.29, 1.82) is 0 Å². The van der Waals surface area contributed by atoms with E-state index in [-0.39, 0.29) is 11.8 Å². The van der Waals surface area contributed by atoms with Gasteiger partial charge < -0.3 is 10.6 Å². The van der Waals surface area contributed by atoms with Gasteiger partial charge >= 0.3 is 0 Å². The van der Waals surface area contributed by atoms with Gasteiger partial charge in [0.25, 0.3) is 5.91 Å². The number of nitrogens with one attached hydrogen (secondary N) is 2. The molecule has 0 bridgehead atoms. The zero-order chi connectivity index (χ0) is 17.6. The number of anilines is 1. The lowest BCUT2D eigenvalue weighted by atomic mass is 10.2. The fourth-order valence-corrected chi connectivity index (χ4v) is 3.42. The highest BCUT2D eigenvalue weighted by molar-refractivity contribution is 7.22. The fourth-order valence-electron chi connectivity index (χ4n) is 2.46. The molecule has 25 heavy (non-hydrogen) atoms. The smallest absolute Gasteiger partial charge is 0.251 e. The van der Waals surface area contributed by atoms with Crippen LogP contribution in [0.1, 0.15) is 28.8 Å². The molecule has 0 radical (unpaired) electrons. The maximum absolute atomic E-state index is 12.0. The lowest BCUT2D eigenvalue weighted by Crippen LogP contribution is -2.25. The number of fused-ring (bicyclic) bond motifs is 1. The number of thiazole rings is 1. The van der Waals surface area contributed by atoms with Crippen LogP contribution in [0, 0.1) is 6.92 Å². The molecule has 1 heterocycles. The molecule has 0 atom stereocenters. The Morgan fingerprint density at radius 3 is 2.64 bits per heavy atom. The normalized spacial score (nSPS) is 10.6. The van der Waals surface area contributed by atoms with E-state index in [1.54, 1.807) is 12.1 Å². The Morgan fingerprint density at radius 2 is 1.88 bits per heavy atom. The van der Waals surface area contributed by atoms with Crippen LogP contribution in [-0.4, -0.2) is 23.3 Å².